The summed E-state index contributed by atoms with van der Waals surface area (Å²) in [7, 11) is -1.99. The molecule has 0 aliphatic heterocycles. The van der Waals surface area contributed by atoms with Crippen molar-refractivity contribution in [2.45, 2.75) is 83.6 Å². The Morgan fingerprint density at radius 3 is 2.28 bits per heavy atom. The predicted octanol–water partition coefficient (Wildman–Crippen LogP) is 5.31. The molecule has 142 valence electrons. The molecule has 3 nitrogen and oxygen atoms in total. The fraction of sp³-hybridized carbons (Fsp3) is 0.619. The molecule has 0 saturated heterocycles. The van der Waals surface area contributed by atoms with Crippen LogP contribution in [-0.2, 0) is 15.8 Å². The Labute approximate surface area is 155 Å². The van der Waals surface area contributed by atoms with Crippen LogP contribution in [0.3, 0.4) is 0 Å². The van der Waals surface area contributed by atoms with Gasteiger partial charge in [-0.25, -0.2) is 0 Å². The lowest BCUT2D eigenvalue weighted by Gasteiger charge is -2.41. The van der Waals surface area contributed by atoms with E-state index in [1.807, 2.05) is 30.3 Å². The SMILES string of the molecule is C=C[C@H](O[Si](C)(C)C(C)(C)C)[C@H](OCc1ccccc1)[C@H](O)CCC. The van der Waals surface area contributed by atoms with Crippen LogP contribution in [0.15, 0.2) is 43.0 Å². The van der Waals surface area contributed by atoms with Gasteiger partial charge < -0.3 is 14.3 Å². The van der Waals surface area contributed by atoms with Crippen LogP contribution >= 0.6 is 0 Å². The highest BCUT2D eigenvalue weighted by Crippen LogP contribution is 2.38. The monoisotopic (exact) mass is 364 g/mol. The van der Waals surface area contributed by atoms with E-state index in [4.69, 9.17) is 9.16 Å². The lowest BCUT2D eigenvalue weighted by molar-refractivity contribution is -0.0909. The summed E-state index contributed by atoms with van der Waals surface area (Å²) in [5.41, 5.74) is 1.09. The largest absolute Gasteiger partial charge is 0.408 e. The fourth-order valence-electron chi connectivity index (χ4n) is 2.42. The smallest absolute Gasteiger partial charge is 0.193 e. The van der Waals surface area contributed by atoms with Crippen molar-refractivity contribution in [3.8, 4) is 0 Å². The Kier molecular flexibility index (Phi) is 8.55. The van der Waals surface area contributed by atoms with Gasteiger partial charge in [-0.15, -0.1) is 6.58 Å². The van der Waals surface area contributed by atoms with E-state index in [1.165, 1.54) is 0 Å². The third-order valence-corrected chi connectivity index (χ3v) is 9.52. The number of rotatable bonds is 10. The number of hydrogen-bond acceptors (Lipinski definition) is 3. The maximum absolute atomic E-state index is 10.7. The maximum atomic E-state index is 10.7. The quantitative estimate of drug-likeness (QED) is 0.452. The minimum atomic E-state index is -1.99. The second kappa shape index (κ2) is 9.67. The van der Waals surface area contributed by atoms with Crippen molar-refractivity contribution < 1.29 is 14.3 Å². The van der Waals surface area contributed by atoms with Crippen LogP contribution in [0.4, 0.5) is 0 Å². The number of benzene rings is 1. The molecular weight excluding hydrogens is 328 g/mol. The van der Waals surface area contributed by atoms with E-state index in [0.29, 0.717) is 13.0 Å². The molecule has 0 amide bonds. The average Bonchev–Trinajstić information content (AvgIpc) is 2.54. The summed E-state index contributed by atoms with van der Waals surface area (Å²) in [5, 5.41) is 10.7. The molecule has 0 aromatic heterocycles. The molecule has 0 bridgehead atoms. The van der Waals surface area contributed by atoms with E-state index in [2.05, 4.69) is 47.4 Å². The van der Waals surface area contributed by atoms with Gasteiger partial charge in [0.05, 0.1) is 18.8 Å². The summed E-state index contributed by atoms with van der Waals surface area (Å²) in [5.74, 6) is 0. The summed E-state index contributed by atoms with van der Waals surface area (Å²) in [6.07, 6.45) is 2.08. The van der Waals surface area contributed by atoms with Gasteiger partial charge in [-0.1, -0.05) is 70.5 Å². The first kappa shape index (κ1) is 22.1. The summed E-state index contributed by atoms with van der Waals surface area (Å²) in [6.45, 7) is 17.5. The van der Waals surface area contributed by atoms with Crippen molar-refractivity contribution in [2.24, 2.45) is 0 Å². The van der Waals surface area contributed by atoms with Gasteiger partial charge in [0.2, 0.25) is 0 Å². The molecule has 1 aromatic carbocycles. The Morgan fingerprint density at radius 1 is 1.20 bits per heavy atom. The topological polar surface area (TPSA) is 38.7 Å². The average molecular weight is 365 g/mol. The zero-order valence-corrected chi connectivity index (χ0v) is 17.8. The van der Waals surface area contributed by atoms with Crippen LogP contribution in [0, 0.1) is 0 Å². The van der Waals surface area contributed by atoms with Gasteiger partial charge in [0, 0.05) is 0 Å². The molecule has 1 N–H and O–H groups in total. The van der Waals surface area contributed by atoms with Crippen molar-refractivity contribution in [1.29, 1.82) is 0 Å². The molecule has 0 fully saturated rings. The summed E-state index contributed by atoms with van der Waals surface area (Å²) < 4.78 is 12.6. The van der Waals surface area contributed by atoms with Gasteiger partial charge >= 0.3 is 0 Å². The van der Waals surface area contributed by atoms with Crippen LogP contribution < -0.4 is 0 Å². The lowest BCUT2D eigenvalue weighted by atomic mass is 10.0. The van der Waals surface area contributed by atoms with E-state index in [0.717, 1.165) is 12.0 Å². The molecular formula is C21H36O3Si. The van der Waals surface area contributed by atoms with E-state index < -0.39 is 20.5 Å². The number of aliphatic hydroxyl groups is 1. The molecule has 0 aliphatic rings. The lowest BCUT2D eigenvalue weighted by Crippen LogP contribution is -2.49. The third kappa shape index (κ3) is 6.70. The van der Waals surface area contributed by atoms with Crippen LogP contribution in [0.2, 0.25) is 18.1 Å². The molecule has 3 atom stereocenters. The first-order valence-electron chi connectivity index (χ1n) is 9.26. The zero-order valence-electron chi connectivity index (χ0n) is 16.8. The highest BCUT2D eigenvalue weighted by molar-refractivity contribution is 6.74. The van der Waals surface area contributed by atoms with Crippen molar-refractivity contribution in [1.82, 2.24) is 0 Å². The van der Waals surface area contributed by atoms with Crippen molar-refractivity contribution in [3.63, 3.8) is 0 Å². The minimum absolute atomic E-state index is 0.0912. The third-order valence-electron chi connectivity index (χ3n) is 5.04. The molecule has 0 heterocycles. The highest BCUT2D eigenvalue weighted by Gasteiger charge is 2.41. The van der Waals surface area contributed by atoms with Gasteiger partial charge in [0.1, 0.15) is 6.10 Å². The predicted molar refractivity (Wildman–Crippen MR) is 108 cm³/mol. The van der Waals surface area contributed by atoms with Crippen LogP contribution in [-0.4, -0.2) is 31.7 Å². The molecule has 4 heteroatoms. The fourth-order valence-corrected chi connectivity index (χ4v) is 3.68. The van der Waals surface area contributed by atoms with Crippen LogP contribution in [0.25, 0.3) is 0 Å². The van der Waals surface area contributed by atoms with E-state index in [-0.39, 0.29) is 11.1 Å². The van der Waals surface area contributed by atoms with E-state index in [1.54, 1.807) is 6.08 Å². The van der Waals surface area contributed by atoms with Crippen molar-refractivity contribution in [2.75, 3.05) is 0 Å². The van der Waals surface area contributed by atoms with E-state index in [9.17, 15) is 5.11 Å². The van der Waals surface area contributed by atoms with Gasteiger partial charge in [-0.3, -0.25) is 0 Å². The van der Waals surface area contributed by atoms with Gasteiger partial charge in [-0.2, -0.15) is 0 Å². The molecule has 0 aliphatic carbocycles. The molecule has 1 aromatic rings. The first-order chi connectivity index (χ1) is 11.6. The summed E-state index contributed by atoms with van der Waals surface area (Å²) >= 11 is 0. The van der Waals surface area contributed by atoms with Crippen molar-refractivity contribution >= 4 is 8.32 Å². The van der Waals surface area contributed by atoms with E-state index >= 15 is 0 Å². The molecule has 0 saturated carbocycles. The molecule has 25 heavy (non-hydrogen) atoms. The Hall–Kier alpha value is -0.943. The summed E-state index contributed by atoms with van der Waals surface area (Å²) in [6, 6.07) is 10.0. The number of hydrogen-bond donors (Lipinski definition) is 1. The van der Waals surface area contributed by atoms with Crippen LogP contribution in [0.5, 0.6) is 0 Å². The normalized spacial score (nSPS) is 16.3. The molecule has 0 unspecified atom stereocenters. The van der Waals surface area contributed by atoms with Gasteiger partial charge in [-0.05, 0) is 30.1 Å². The minimum Gasteiger partial charge on any atom is -0.408 e. The second-order valence-corrected chi connectivity index (χ2v) is 13.0. The van der Waals surface area contributed by atoms with Crippen molar-refractivity contribution in [3.05, 3.63) is 48.6 Å². The Balaban J connectivity index is 2.93. The van der Waals surface area contributed by atoms with Gasteiger partial charge in [0.15, 0.2) is 8.32 Å². The molecule has 1 rings (SSSR count). The maximum Gasteiger partial charge on any atom is 0.193 e. The highest BCUT2D eigenvalue weighted by atomic mass is 28.4. The summed E-state index contributed by atoms with van der Waals surface area (Å²) in [4.78, 5) is 0. The first-order valence-corrected chi connectivity index (χ1v) is 12.2. The Bertz CT molecular complexity index is 508. The molecule has 0 spiro atoms. The standard InChI is InChI=1S/C21H36O3Si/c1-8-13-18(22)20(23-16-17-14-11-10-12-15-17)19(9-2)24-25(6,7)21(3,4)5/h9-12,14-15,18-20,22H,2,8,13,16H2,1,3-7H3/t18-,19+,20-/m1/s1. The second-order valence-electron chi connectivity index (χ2n) is 8.20. The molecule has 0 radical (unpaired) electrons. The number of ether oxygens (including phenoxy) is 1. The zero-order chi connectivity index (χ0) is 19.1. The van der Waals surface area contributed by atoms with Gasteiger partial charge in [0.25, 0.3) is 0 Å². The number of aliphatic hydroxyl groups excluding tert-OH is 1. The van der Waals surface area contributed by atoms with Crippen LogP contribution in [0.1, 0.15) is 46.1 Å². The Morgan fingerprint density at radius 2 is 1.80 bits per heavy atom.